The first-order valence-corrected chi connectivity index (χ1v) is 15.8. The number of imidazole rings is 1. The zero-order valence-corrected chi connectivity index (χ0v) is 26.3. The second-order valence-corrected chi connectivity index (χ2v) is 11.9. The standard InChI is InChI=1S/C30H43N5O8S/c1-18(2)26(32-17-21-16-31-24(35(21)3)11-10-20(29(40)41)15-25(36)37)28(39)34-23(14-19-8-6-5-7-9-19)27(38)33-22(30(42)43)12-13-44-4/h5-9,16,18,20,22-23,26,32H,10-15,17H2,1-4H3,(H,33,38)(H,34,39)(H,36,37)(H,40,41)(H,42,43)/t20?,22-,23-,26-/m0/s1. The summed E-state index contributed by atoms with van der Waals surface area (Å²) in [6.07, 6.45) is 3.77. The van der Waals surface area contributed by atoms with E-state index in [-0.39, 0.29) is 38.1 Å². The van der Waals surface area contributed by atoms with E-state index in [9.17, 15) is 34.2 Å². The third kappa shape index (κ3) is 11.6. The van der Waals surface area contributed by atoms with Crippen LogP contribution in [0.3, 0.4) is 0 Å². The summed E-state index contributed by atoms with van der Waals surface area (Å²) in [7, 11) is 1.76. The molecule has 6 N–H and O–H groups in total. The van der Waals surface area contributed by atoms with Crippen molar-refractivity contribution in [2.24, 2.45) is 18.9 Å². The number of hydrogen-bond donors (Lipinski definition) is 6. The fourth-order valence-electron chi connectivity index (χ4n) is 4.64. The lowest BCUT2D eigenvalue weighted by Gasteiger charge is -2.26. The molecule has 0 aliphatic heterocycles. The van der Waals surface area contributed by atoms with Crippen LogP contribution >= 0.6 is 11.8 Å². The smallest absolute Gasteiger partial charge is 0.326 e. The molecule has 2 amide bonds. The first-order chi connectivity index (χ1) is 20.8. The number of carboxylic acids is 3. The third-order valence-electron chi connectivity index (χ3n) is 7.26. The Morgan fingerprint density at radius 1 is 0.932 bits per heavy atom. The SMILES string of the molecule is CSCC[C@H](NC(=O)[C@H](Cc1ccccc1)NC(=O)[C@@H](NCc1cnc(CCC(CC(=O)O)C(=O)O)n1C)C(C)C)C(=O)O. The molecule has 4 atom stereocenters. The van der Waals surface area contributed by atoms with Crippen molar-refractivity contribution in [1.29, 1.82) is 0 Å². The minimum Gasteiger partial charge on any atom is -0.481 e. The van der Waals surface area contributed by atoms with Crippen LogP contribution < -0.4 is 16.0 Å². The summed E-state index contributed by atoms with van der Waals surface area (Å²) in [5, 5.41) is 36.5. The zero-order chi connectivity index (χ0) is 32.8. The van der Waals surface area contributed by atoms with Crippen LogP contribution in [0.5, 0.6) is 0 Å². The molecule has 44 heavy (non-hydrogen) atoms. The van der Waals surface area contributed by atoms with Crippen LogP contribution in [0.2, 0.25) is 0 Å². The van der Waals surface area contributed by atoms with Crippen LogP contribution in [0.25, 0.3) is 0 Å². The molecule has 1 unspecified atom stereocenters. The van der Waals surface area contributed by atoms with Crippen LogP contribution in [0, 0.1) is 11.8 Å². The number of carbonyl (C=O) groups is 5. The molecule has 0 spiro atoms. The summed E-state index contributed by atoms with van der Waals surface area (Å²) in [4.78, 5) is 65.3. The minimum atomic E-state index is -1.18. The molecule has 0 fully saturated rings. The number of aromatic nitrogens is 2. The first-order valence-electron chi connectivity index (χ1n) is 14.4. The molecule has 14 heteroatoms. The number of carbonyl (C=O) groups excluding carboxylic acids is 2. The lowest BCUT2D eigenvalue weighted by atomic mass is 9.99. The fraction of sp³-hybridized carbons (Fsp3) is 0.533. The Bertz CT molecular complexity index is 1270. The predicted octanol–water partition coefficient (Wildman–Crippen LogP) is 1.69. The number of aryl methyl sites for hydroxylation is 1. The Hall–Kier alpha value is -3.91. The molecule has 0 saturated heterocycles. The van der Waals surface area contributed by atoms with Gasteiger partial charge in [-0.15, -0.1) is 0 Å². The van der Waals surface area contributed by atoms with Crippen LogP contribution in [0.4, 0.5) is 0 Å². The number of carboxylic acid groups (broad SMARTS) is 3. The summed E-state index contributed by atoms with van der Waals surface area (Å²) in [5.41, 5.74) is 1.52. The minimum absolute atomic E-state index is 0.112. The highest BCUT2D eigenvalue weighted by molar-refractivity contribution is 7.98. The topological polar surface area (TPSA) is 200 Å². The Balaban J connectivity index is 2.14. The molecule has 0 aliphatic rings. The van der Waals surface area contributed by atoms with Crippen molar-refractivity contribution < 1.29 is 39.3 Å². The van der Waals surface area contributed by atoms with Gasteiger partial charge in [-0.05, 0) is 36.3 Å². The summed E-state index contributed by atoms with van der Waals surface area (Å²) in [5.74, 6) is -4.59. The van der Waals surface area contributed by atoms with Crippen molar-refractivity contribution in [2.75, 3.05) is 12.0 Å². The first kappa shape index (κ1) is 36.3. The summed E-state index contributed by atoms with van der Waals surface area (Å²) >= 11 is 1.47. The average Bonchev–Trinajstić information content (AvgIpc) is 3.31. The monoisotopic (exact) mass is 633 g/mol. The molecule has 1 aromatic heterocycles. The molecule has 0 saturated carbocycles. The van der Waals surface area contributed by atoms with E-state index in [1.807, 2.05) is 50.4 Å². The Morgan fingerprint density at radius 2 is 1.59 bits per heavy atom. The number of nitrogens with zero attached hydrogens (tertiary/aromatic N) is 2. The van der Waals surface area contributed by atoms with Gasteiger partial charge in [-0.25, -0.2) is 9.78 Å². The van der Waals surface area contributed by atoms with Gasteiger partial charge in [0, 0.05) is 32.6 Å². The maximum absolute atomic E-state index is 13.5. The fourth-order valence-corrected chi connectivity index (χ4v) is 5.11. The lowest BCUT2D eigenvalue weighted by Crippen LogP contribution is -2.56. The lowest BCUT2D eigenvalue weighted by molar-refractivity contribution is -0.148. The highest BCUT2D eigenvalue weighted by Crippen LogP contribution is 2.15. The predicted molar refractivity (Wildman–Crippen MR) is 165 cm³/mol. The molecule has 0 radical (unpaired) electrons. The molecule has 2 aromatic rings. The summed E-state index contributed by atoms with van der Waals surface area (Å²) in [6, 6.07) is 6.32. The number of amides is 2. The van der Waals surface area contributed by atoms with E-state index in [4.69, 9.17) is 5.11 Å². The zero-order valence-electron chi connectivity index (χ0n) is 25.5. The van der Waals surface area contributed by atoms with E-state index in [1.165, 1.54) is 11.8 Å². The van der Waals surface area contributed by atoms with E-state index in [2.05, 4.69) is 20.9 Å². The quantitative estimate of drug-likeness (QED) is 0.124. The second-order valence-electron chi connectivity index (χ2n) is 10.9. The van der Waals surface area contributed by atoms with Gasteiger partial charge in [0.15, 0.2) is 0 Å². The average molecular weight is 634 g/mol. The van der Waals surface area contributed by atoms with Crippen LogP contribution in [-0.2, 0) is 50.4 Å². The van der Waals surface area contributed by atoms with Crippen LogP contribution in [0.1, 0.15) is 50.2 Å². The third-order valence-corrected chi connectivity index (χ3v) is 7.90. The normalized spacial score (nSPS) is 13.9. The number of benzene rings is 1. The van der Waals surface area contributed by atoms with E-state index in [0.29, 0.717) is 11.6 Å². The Morgan fingerprint density at radius 3 is 2.16 bits per heavy atom. The highest BCUT2D eigenvalue weighted by Gasteiger charge is 2.30. The van der Waals surface area contributed by atoms with Crippen molar-refractivity contribution in [3.05, 3.63) is 53.6 Å². The van der Waals surface area contributed by atoms with E-state index in [0.717, 1.165) is 11.3 Å². The van der Waals surface area contributed by atoms with Gasteiger partial charge in [-0.2, -0.15) is 11.8 Å². The Kier molecular flexibility index (Phi) is 14.9. The van der Waals surface area contributed by atoms with Gasteiger partial charge in [0.05, 0.1) is 24.1 Å². The molecule has 1 heterocycles. The van der Waals surface area contributed by atoms with Gasteiger partial charge in [-0.1, -0.05) is 44.2 Å². The molecule has 0 aliphatic carbocycles. The van der Waals surface area contributed by atoms with Crippen molar-refractivity contribution in [3.8, 4) is 0 Å². The van der Waals surface area contributed by atoms with Gasteiger partial charge in [-0.3, -0.25) is 24.5 Å². The van der Waals surface area contributed by atoms with Gasteiger partial charge in [0.1, 0.15) is 17.9 Å². The maximum Gasteiger partial charge on any atom is 0.326 e. The molecule has 0 bridgehead atoms. The van der Waals surface area contributed by atoms with Crippen molar-refractivity contribution in [1.82, 2.24) is 25.5 Å². The van der Waals surface area contributed by atoms with Crippen molar-refractivity contribution in [2.45, 2.75) is 70.6 Å². The molecule has 2 rings (SSSR count). The van der Waals surface area contributed by atoms with E-state index < -0.39 is 60.2 Å². The van der Waals surface area contributed by atoms with Gasteiger partial charge < -0.3 is 30.5 Å². The molecule has 13 nitrogen and oxygen atoms in total. The van der Waals surface area contributed by atoms with Crippen LogP contribution in [0.15, 0.2) is 36.5 Å². The van der Waals surface area contributed by atoms with Crippen molar-refractivity contribution in [3.63, 3.8) is 0 Å². The van der Waals surface area contributed by atoms with E-state index >= 15 is 0 Å². The number of aliphatic carboxylic acids is 3. The van der Waals surface area contributed by atoms with E-state index in [1.54, 1.807) is 17.8 Å². The van der Waals surface area contributed by atoms with Crippen molar-refractivity contribution >= 4 is 41.5 Å². The number of thioether (sulfide) groups is 1. The second kappa shape index (κ2) is 18.0. The molecule has 1 aromatic carbocycles. The van der Waals surface area contributed by atoms with Crippen LogP contribution in [-0.4, -0.2) is 84.7 Å². The molecular weight excluding hydrogens is 590 g/mol. The van der Waals surface area contributed by atoms with Gasteiger partial charge in [0.2, 0.25) is 11.8 Å². The summed E-state index contributed by atoms with van der Waals surface area (Å²) in [6.45, 7) is 3.95. The number of nitrogens with one attached hydrogen (secondary N) is 3. The van der Waals surface area contributed by atoms with Gasteiger partial charge >= 0.3 is 17.9 Å². The summed E-state index contributed by atoms with van der Waals surface area (Å²) < 4.78 is 1.77. The largest absolute Gasteiger partial charge is 0.481 e. The molecular formula is C30H43N5O8S. The Labute approximate surface area is 261 Å². The van der Waals surface area contributed by atoms with Gasteiger partial charge in [0.25, 0.3) is 0 Å². The highest BCUT2D eigenvalue weighted by atomic mass is 32.2. The number of hydrogen-bond acceptors (Lipinski definition) is 8. The maximum atomic E-state index is 13.5. The molecule has 242 valence electrons. The number of rotatable bonds is 20.